The van der Waals surface area contributed by atoms with Gasteiger partial charge in [0.2, 0.25) is 0 Å². The van der Waals surface area contributed by atoms with E-state index in [4.69, 9.17) is 14.6 Å². The standard InChI is InChI=1S/C18H26F3NO4S/c1-4-13(22-17(23)24)9-12-10-15(26-3)16(11-14(12)25-2)27-8-6-5-7-18(19,20)21/h10-11,13,22H,4-9H2,1-3H3,(H,23,24). The van der Waals surface area contributed by atoms with Crippen LogP contribution in [0.1, 0.15) is 38.2 Å². The van der Waals surface area contributed by atoms with Crippen LogP contribution >= 0.6 is 11.8 Å². The summed E-state index contributed by atoms with van der Waals surface area (Å²) in [6.07, 6.45) is -4.38. The van der Waals surface area contributed by atoms with Crippen LogP contribution in [0.25, 0.3) is 0 Å². The van der Waals surface area contributed by atoms with E-state index in [0.717, 1.165) is 10.5 Å². The normalized spacial score (nSPS) is 12.5. The van der Waals surface area contributed by atoms with Crippen molar-refractivity contribution in [2.24, 2.45) is 0 Å². The molecule has 0 aliphatic carbocycles. The van der Waals surface area contributed by atoms with E-state index in [0.29, 0.717) is 36.5 Å². The summed E-state index contributed by atoms with van der Waals surface area (Å²) >= 11 is 1.41. The van der Waals surface area contributed by atoms with Crippen molar-refractivity contribution in [3.8, 4) is 11.5 Å². The minimum absolute atomic E-state index is 0.0903. The van der Waals surface area contributed by atoms with Crippen molar-refractivity contribution in [3.05, 3.63) is 17.7 Å². The van der Waals surface area contributed by atoms with Gasteiger partial charge in [-0.25, -0.2) is 4.79 Å². The van der Waals surface area contributed by atoms with Crippen LogP contribution in [0.2, 0.25) is 0 Å². The second kappa shape index (κ2) is 11.2. The first-order chi connectivity index (χ1) is 12.7. The fraction of sp³-hybridized carbons (Fsp3) is 0.611. The van der Waals surface area contributed by atoms with E-state index in [-0.39, 0.29) is 12.5 Å². The molecular formula is C18H26F3NO4S. The highest BCUT2D eigenvalue weighted by molar-refractivity contribution is 7.99. The zero-order chi connectivity index (χ0) is 20.4. The summed E-state index contributed by atoms with van der Waals surface area (Å²) in [7, 11) is 3.04. The molecule has 0 saturated carbocycles. The first kappa shape index (κ1) is 23.3. The van der Waals surface area contributed by atoms with Crippen LogP contribution < -0.4 is 14.8 Å². The maximum absolute atomic E-state index is 12.2. The van der Waals surface area contributed by atoms with E-state index < -0.39 is 18.7 Å². The number of thioether (sulfide) groups is 1. The third kappa shape index (κ3) is 8.64. The SMILES string of the molecule is CCC(Cc1cc(OC)c(SCCCCC(F)(F)F)cc1OC)NC(=O)O. The number of halogens is 3. The van der Waals surface area contributed by atoms with Crippen LogP contribution in [0.5, 0.6) is 11.5 Å². The zero-order valence-corrected chi connectivity index (χ0v) is 16.5. The number of hydrogen-bond donors (Lipinski definition) is 2. The third-order valence-corrected chi connectivity index (χ3v) is 5.09. The Kier molecular flexibility index (Phi) is 9.62. The van der Waals surface area contributed by atoms with Gasteiger partial charge in [-0.1, -0.05) is 6.92 Å². The van der Waals surface area contributed by atoms with Gasteiger partial charge in [0.1, 0.15) is 11.5 Å². The lowest BCUT2D eigenvalue weighted by Crippen LogP contribution is -2.34. The number of carbonyl (C=O) groups is 1. The van der Waals surface area contributed by atoms with E-state index in [9.17, 15) is 18.0 Å². The van der Waals surface area contributed by atoms with Crippen LogP contribution in [0.3, 0.4) is 0 Å². The molecule has 0 heterocycles. The van der Waals surface area contributed by atoms with Gasteiger partial charge in [0.25, 0.3) is 0 Å². The Morgan fingerprint density at radius 2 is 1.89 bits per heavy atom. The summed E-state index contributed by atoms with van der Waals surface area (Å²) in [6, 6.07) is 3.32. The molecule has 0 radical (unpaired) electrons. The topological polar surface area (TPSA) is 67.8 Å². The predicted molar refractivity (Wildman–Crippen MR) is 99.1 cm³/mol. The summed E-state index contributed by atoms with van der Waals surface area (Å²) in [5, 5.41) is 11.4. The van der Waals surface area contributed by atoms with E-state index in [1.54, 1.807) is 12.1 Å². The second-order valence-corrected chi connectivity index (χ2v) is 7.13. The van der Waals surface area contributed by atoms with Crippen LogP contribution in [-0.4, -0.2) is 43.4 Å². The largest absolute Gasteiger partial charge is 0.496 e. The summed E-state index contributed by atoms with van der Waals surface area (Å²) in [5.41, 5.74) is 0.802. The number of alkyl halides is 3. The predicted octanol–water partition coefficient (Wildman–Crippen LogP) is 5.12. The number of unbranched alkanes of at least 4 members (excludes halogenated alkanes) is 1. The molecule has 5 nitrogen and oxygen atoms in total. The van der Waals surface area contributed by atoms with Crippen molar-refractivity contribution in [2.75, 3.05) is 20.0 Å². The molecule has 1 unspecified atom stereocenters. The molecule has 154 valence electrons. The van der Waals surface area contributed by atoms with Crippen molar-refractivity contribution in [1.82, 2.24) is 5.32 Å². The molecule has 0 spiro atoms. The van der Waals surface area contributed by atoms with Crippen LogP contribution in [0.15, 0.2) is 17.0 Å². The fourth-order valence-corrected chi connectivity index (χ4v) is 3.60. The molecule has 1 aromatic rings. The van der Waals surface area contributed by atoms with Gasteiger partial charge in [-0.2, -0.15) is 13.2 Å². The number of amides is 1. The molecule has 0 aliphatic heterocycles. The molecule has 0 fully saturated rings. The van der Waals surface area contributed by atoms with E-state index in [1.165, 1.54) is 26.0 Å². The lowest BCUT2D eigenvalue weighted by Gasteiger charge is -2.19. The number of ether oxygens (including phenoxy) is 2. The number of nitrogens with one attached hydrogen (secondary N) is 1. The van der Waals surface area contributed by atoms with Crippen molar-refractivity contribution in [3.63, 3.8) is 0 Å². The summed E-state index contributed by atoms with van der Waals surface area (Å²) in [6.45, 7) is 1.88. The maximum atomic E-state index is 12.2. The van der Waals surface area contributed by atoms with Gasteiger partial charge in [-0.3, -0.25) is 0 Å². The molecule has 0 saturated heterocycles. The first-order valence-corrected chi connectivity index (χ1v) is 9.62. The number of rotatable bonds is 11. The average Bonchev–Trinajstić information content (AvgIpc) is 2.59. The number of hydrogen-bond acceptors (Lipinski definition) is 4. The van der Waals surface area contributed by atoms with Gasteiger partial charge >= 0.3 is 12.3 Å². The van der Waals surface area contributed by atoms with Crippen molar-refractivity contribution in [1.29, 1.82) is 0 Å². The van der Waals surface area contributed by atoms with Crippen LogP contribution in [-0.2, 0) is 6.42 Å². The smallest absolute Gasteiger partial charge is 0.404 e. The van der Waals surface area contributed by atoms with Gasteiger partial charge in [0.05, 0.1) is 19.1 Å². The van der Waals surface area contributed by atoms with Crippen molar-refractivity contribution < 1.29 is 32.5 Å². The minimum atomic E-state index is -4.12. The molecule has 27 heavy (non-hydrogen) atoms. The highest BCUT2D eigenvalue weighted by atomic mass is 32.2. The molecule has 0 bridgehead atoms. The first-order valence-electron chi connectivity index (χ1n) is 8.64. The molecular weight excluding hydrogens is 383 g/mol. The van der Waals surface area contributed by atoms with E-state index >= 15 is 0 Å². The Labute approximate surface area is 161 Å². The Balaban J connectivity index is 2.81. The maximum Gasteiger partial charge on any atom is 0.404 e. The molecule has 0 aromatic heterocycles. The zero-order valence-electron chi connectivity index (χ0n) is 15.7. The van der Waals surface area contributed by atoms with E-state index in [1.807, 2.05) is 6.92 Å². The lowest BCUT2D eigenvalue weighted by atomic mass is 10.0. The molecule has 1 atom stereocenters. The molecule has 1 amide bonds. The van der Waals surface area contributed by atoms with E-state index in [2.05, 4.69) is 5.32 Å². The summed E-state index contributed by atoms with van der Waals surface area (Å²) in [5.74, 6) is 1.73. The molecule has 2 N–H and O–H groups in total. The van der Waals surface area contributed by atoms with Gasteiger partial charge < -0.3 is 19.9 Å². The van der Waals surface area contributed by atoms with Gasteiger partial charge in [0, 0.05) is 12.5 Å². The number of carboxylic acid groups (broad SMARTS) is 1. The second-order valence-electron chi connectivity index (χ2n) is 5.99. The van der Waals surface area contributed by atoms with Crippen LogP contribution in [0, 0.1) is 0 Å². The molecule has 1 aromatic carbocycles. The fourth-order valence-electron chi connectivity index (χ4n) is 2.55. The van der Waals surface area contributed by atoms with Gasteiger partial charge in [0.15, 0.2) is 0 Å². The van der Waals surface area contributed by atoms with Crippen molar-refractivity contribution in [2.45, 2.75) is 56.1 Å². The van der Waals surface area contributed by atoms with Gasteiger partial charge in [-0.15, -0.1) is 11.8 Å². The van der Waals surface area contributed by atoms with Crippen molar-refractivity contribution >= 4 is 17.9 Å². The Morgan fingerprint density at radius 3 is 2.41 bits per heavy atom. The highest BCUT2D eigenvalue weighted by Gasteiger charge is 2.25. The quantitative estimate of drug-likeness (QED) is 0.392. The Hall–Kier alpha value is -1.77. The average molecular weight is 409 g/mol. The lowest BCUT2D eigenvalue weighted by molar-refractivity contribution is -0.135. The monoisotopic (exact) mass is 409 g/mol. The van der Waals surface area contributed by atoms with Crippen LogP contribution in [0.4, 0.5) is 18.0 Å². The minimum Gasteiger partial charge on any atom is -0.496 e. The molecule has 1 rings (SSSR count). The highest BCUT2D eigenvalue weighted by Crippen LogP contribution is 2.37. The Morgan fingerprint density at radius 1 is 1.22 bits per heavy atom. The van der Waals surface area contributed by atoms with Gasteiger partial charge in [-0.05, 0) is 49.1 Å². The number of methoxy groups -OCH3 is 2. The summed E-state index contributed by atoms with van der Waals surface area (Å²) in [4.78, 5) is 11.7. The Bertz CT molecular complexity index is 611. The number of benzene rings is 1. The molecule has 0 aliphatic rings. The summed E-state index contributed by atoms with van der Waals surface area (Å²) < 4.78 is 47.4. The molecule has 9 heteroatoms. The third-order valence-electron chi connectivity index (χ3n) is 3.97.